The Morgan fingerprint density at radius 1 is 1.04 bits per heavy atom. The average Bonchev–Trinajstić information content (AvgIpc) is 3.08. The first kappa shape index (κ1) is 22.4. The van der Waals surface area contributed by atoms with Crippen LogP contribution in [0.25, 0.3) is 6.08 Å². The van der Waals surface area contributed by atoms with Gasteiger partial charge in [-0.05, 0) is 0 Å². The Morgan fingerprint density at radius 2 is 1.71 bits per heavy atom. The van der Waals surface area contributed by atoms with Gasteiger partial charge in [-0.2, -0.15) is 0 Å². The molecule has 0 amide bonds. The number of halogens is 2. The fraction of sp³-hybridized carbons (Fsp3) is 0.400. The van der Waals surface area contributed by atoms with Crippen molar-refractivity contribution < 1.29 is 48.0 Å². The van der Waals surface area contributed by atoms with Gasteiger partial charge in [0.25, 0.3) is 0 Å². The molecule has 3 rings (SSSR count). The van der Waals surface area contributed by atoms with Crippen molar-refractivity contribution in [3.8, 4) is 0 Å². The molecule has 4 heteroatoms. The van der Waals surface area contributed by atoms with Crippen molar-refractivity contribution in [2.45, 2.75) is 49.1 Å². The van der Waals surface area contributed by atoms with E-state index in [-0.39, 0.29) is 32.7 Å². The van der Waals surface area contributed by atoms with Gasteiger partial charge in [0.05, 0.1) is 0 Å². The van der Waals surface area contributed by atoms with Crippen LogP contribution in [-0.4, -0.2) is 11.3 Å². The van der Waals surface area contributed by atoms with E-state index in [1.165, 1.54) is 12.0 Å². The first-order chi connectivity index (χ1) is 10.6. The van der Waals surface area contributed by atoms with E-state index < -0.39 is 23.2 Å². The molecule has 0 heterocycles. The zero-order valence-electron chi connectivity index (χ0n) is 14.8. The van der Waals surface area contributed by atoms with Crippen molar-refractivity contribution >= 4 is 14.0 Å². The smallest absolute Gasteiger partial charge is 1.00 e. The van der Waals surface area contributed by atoms with Crippen LogP contribution >= 0.6 is 7.92 Å². The number of fused-ring (bicyclic) bond motifs is 1. The van der Waals surface area contributed by atoms with Crippen LogP contribution in [0, 0.1) is 0 Å². The van der Waals surface area contributed by atoms with E-state index in [1.807, 2.05) is 0 Å². The Labute approximate surface area is 172 Å². The van der Waals surface area contributed by atoms with Gasteiger partial charge in [0.15, 0.2) is 0 Å². The minimum Gasteiger partial charge on any atom is -1.00 e. The normalized spacial score (nSPS) is 18.0. The van der Waals surface area contributed by atoms with Gasteiger partial charge in [0.2, 0.25) is 0 Å². The predicted octanol–water partition coefficient (Wildman–Crippen LogP) is 0.315. The van der Waals surface area contributed by atoms with Crippen LogP contribution in [0.4, 0.5) is 0 Å². The van der Waals surface area contributed by atoms with Gasteiger partial charge in [-0.15, -0.1) is 0 Å². The van der Waals surface area contributed by atoms with E-state index in [4.69, 9.17) is 0 Å². The molecule has 0 fully saturated rings. The molecule has 0 bridgehead atoms. The number of benzene rings is 1. The Kier molecular flexibility index (Phi) is 9.20. The molecule has 0 radical (unpaired) electrons. The van der Waals surface area contributed by atoms with Crippen LogP contribution < -0.4 is 24.8 Å². The molecule has 2 aliphatic rings. The zero-order chi connectivity index (χ0) is 15.7. The predicted molar refractivity (Wildman–Crippen MR) is 96.2 cm³/mol. The monoisotopic (exact) mass is 456 g/mol. The third-order valence-electron chi connectivity index (χ3n) is 4.42. The molecular weight excluding hydrogens is 433 g/mol. The van der Waals surface area contributed by atoms with Crippen molar-refractivity contribution in [1.29, 1.82) is 0 Å². The van der Waals surface area contributed by atoms with Crippen molar-refractivity contribution in [2.75, 3.05) is 0 Å². The molecule has 24 heavy (non-hydrogen) atoms. The fourth-order valence-corrected chi connectivity index (χ4v) is 11.8. The van der Waals surface area contributed by atoms with Gasteiger partial charge in [0, 0.05) is 0 Å². The van der Waals surface area contributed by atoms with Crippen LogP contribution in [0.2, 0.25) is 0 Å². The van der Waals surface area contributed by atoms with Crippen LogP contribution in [0.5, 0.6) is 0 Å². The quantitative estimate of drug-likeness (QED) is 0.558. The summed E-state index contributed by atoms with van der Waals surface area (Å²) in [6.45, 7) is 9.70. The first-order valence-corrected chi connectivity index (χ1v) is 12.4. The maximum atomic E-state index is 2.56. The number of rotatable bonds is 5. The number of hydrogen-bond acceptors (Lipinski definition) is 0. The maximum absolute atomic E-state index is 2.56. The SMILES string of the molecule is CC(C)P(C1=Cc2ccccc2[CH]1[Zr+2][C]1=CC=CC1)C(C)C.[Cl-].[Cl-]. The van der Waals surface area contributed by atoms with E-state index in [1.54, 1.807) is 14.2 Å². The third-order valence-corrected chi connectivity index (χ3v) is 12.3. The molecule has 1 aromatic carbocycles. The van der Waals surface area contributed by atoms with Gasteiger partial charge in [-0.1, -0.05) is 0 Å². The molecule has 1 unspecified atom stereocenters. The molecule has 0 spiro atoms. The van der Waals surface area contributed by atoms with Crippen LogP contribution in [-0.2, 0) is 23.2 Å². The molecular formula is C20H25Cl2PZr. The van der Waals surface area contributed by atoms with Gasteiger partial charge in [0.1, 0.15) is 0 Å². The second-order valence-electron chi connectivity index (χ2n) is 6.69. The van der Waals surface area contributed by atoms with E-state index in [2.05, 4.69) is 76.3 Å². The number of allylic oxidation sites excluding steroid dienone is 5. The Hall–Kier alpha value is 0.333. The number of hydrogen-bond donors (Lipinski definition) is 0. The molecule has 2 aliphatic carbocycles. The summed E-state index contributed by atoms with van der Waals surface area (Å²) in [6.07, 6.45) is 10.8. The average molecular weight is 459 g/mol. The first-order valence-electron chi connectivity index (χ1n) is 8.29. The zero-order valence-corrected chi connectivity index (χ0v) is 19.6. The molecule has 0 saturated carbocycles. The third kappa shape index (κ3) is 4.73. The van der Waals surface area contributed by atoms with Crippen molar-refractivity contribution in [3.05, 3.63) is 62.2 Å². The van der Waals surface area contributed by atoms with Gasteiger partial charge in [-0.25, -0.2) is 0 Å². The van der Waals surface area contributed by atoms with Crippen molar-refractivity contribution in [3.63, 3.8) is 0 Å². The summed E-state index contributed by atoms with van der Waals surface area (Å²) in [5, 5.41) is 1.81. The molecule has 1 aromatic rings. The van der Waals surface area contributed by atoms with E-state index in [0.717, 1.165) is 14.9 Å². The molecule has 0 saturated heterocycles. The van der Waals surface area contributed by atoms with Gasteiger partial charge < -0.3 is 24.8 Å². The van der Waals surface area contributed by atoms with Gasteiger partial charge >= 0.3 is 149 Å². The summed E-state index contributed by atoms with van der Waals surface area (Å²) < 4.78 is 2.54. The van der Waals surface area contributed by atoms with E-state index >= 15 is 0 Å². The molecule has 0 nitrogen and oxygen atoms in total. The standard InChI is InChI=1S/C15H20P.C5H5.2ClH.Zr/c1-11(2)16(12(3)4)15-9-13-7-5-6-8-14(13)10-15;1-2-4-5-3-1;;;/h5-12H,1-4H3;1-3H,4H2;2*1H;/q;;;;+2/p-2. The Bertz CT molecular complexity index is 639. The topological polar surface area (TPSA) is 0 Å². The second-order valence-corrected chi connectivity index (χ2v) is 13.8. The van der Waals surface area contributed by atoms with Crippen molar-refractivity contribution in [2.24, 2.45) is 0 Å². The summed E-state index contributed by atoms with van der Waals surface area (Å²) in [4.78, 5) is 0. The maximum Gasteiger partial charge on any atom is -1.00 e. The summed E-state index contributed by atoms with van der Waals surface area (Å²) in [6, 6.07) is 9.14. The fourth-order valence-electron chi connectivity index (χ4n) is 3.61. The Morgan fingerprint density at radius 3 is 2.29 bits per heavy atom. The van der Waals surface area contributed by atoms with Crippen LogP contribution in [0.3, 0.4) is 0 Å². The minimum absolute atomic E-state index is 0. The largest absolute Gasteiger partial charge is 1.00 e. The summed E-state index contributed by atoms with van der Waals surface area (Å²) in [5.74, 6) is 0. The van der Waals surface area contributed by atoms with Gasteiger partial charge in [-0.3, -0.25) is 0 Å². The molecule has 0 aliphatic heterocycles. The minimum atomic E-state index is -0.578. The van der Waals surface area contributed by atoms with E-state index in [9.17, 15) is 0 Å². The molecule has 128 valence electrons. The van der Waals surface area contributed by atoms with Crippen LogP contribution in [0.15, 0.2) is 51.1 Å². The summed E-state index contributed by atoms with van der Waals surface area (Å²) in [7, 11) is -0.0297. The molecule has 0 N–H and O–H groups in total. The van der Waals surface area contributed by atoms with Crippen LogP contribution in [0.1, 0.15) is 48.9 Å². The Balaban J connectivity index is 0.00000144. The second kappa shape index (κ2) is 9.87. The van der Waals surface area contributed by atoms with E-state index in [0.29, 0.717) is 0 Å². The summed E-state index contributed by atoms with van der Waals surface area (Å²) in [5.41, 5.74) is 4.70. The molecule has 1 atom stereocenters. The molecule has 0 aromatic heterocycles. The summed E-state index contributed by atoms with van der Waals surface area (Å²) >= 11 is -0.578. The van der Waals surface area contributed by atoms with Crippen molar-refractivity contribution in [1.82, 2.24) is 0 Å².